The molecule has 0 radical (unpaired) electrons. The van der Waals surface area contributed by atoms with Crippen LogP contribution in [0, 0.1) is 0 Å². The summed E-state index contributed by atoms with van der Waals surface area (Å²) >= 11 is 0. The molecule has 2 saturated heterocycles. The van der Waals surface area contributed by atoms with Gasteiger partial charge in [0, 0.05) is 37.8 Å². The highest BCUT2D eigenvalue weighted by Gasteiger charge is 2.32. The third-order valence-corrected chi connectivity index (χ3v) is 3.77. The molecule has 3 heteroatoms. The van der Waals surface area contributed by atoms with Crippen molar-refractivity contribution in [2.24, 2.45) is 0 Å². The van der Waals surface area contributed by atoms with Crippen molar-refractivity contribution in [1.82, 2.24) is 15.1 Å². The van der Waals surface area contributed by atoms with Crippen molar-refractivity contribution in [2.75, 3.05) is 33.7 Å². The monoisotopic (exact) mass is 197 g/mol. The lowest BCUT2D eigenvalue weighted by Gasteiger charge is -2.24. The van der Waals surface area contributed by atoms with E-state index in [9.17, 15) is 0 Å². The molecule has 0 bridgehead atoms. The van der Waals surface area contributed by atoms with Gasteiger partial charge in [-0.05, 0) is 33.9 Å². The largest absolute Gasteiger partial charge is 0.313 e. The van der Waals surface area contributed by atoms with E-state index in [-0.39, 0.29) is 0 Å². The van der Waals surface area contributed by atoms with Gasteiger partial charge in [0.1, 0.15) is 0 Å². The second-order valence-electron chi connectivity index (χ2n) is 5.10. The van der Waals surface area contributed by atoms with Crippen LogP contribution in [0.15, 0.2) is 0 Å². The van der Waals surface area contributed by atoms with E-state index in [0.29, 0.717) is 0 Å². The highest BCUT2D eigenvalue weighted by atomic mass is 15.3. The summed E-state index contributed by atoms with van der Waals surface area (Å²) in [6.07, 6.45) is 2.68. The molecule has 2 heterocycles. The first-order valence-corrected chi connectivity index (χ1v) is 5.80. The molecule has 3 nitrogen and oxygen atoms in total. The summed E-state index contributed by atoms with van der Waals surface area (Å²) in [6.45, 7) is 6.05. The second kappa shape index (κ2) is 4.17. The van der Waals surface area contributed by atoms with Gasteiger partial charge in [-0.2, -0.15) is 0 Å². The van der Waals surface area contributed by atoms with Gasteiger partial charge in [0.05, 0.1) is 0 Å². The van der Waals surface area contributed by atoms with Crippen molar-refractivity contribution in [2.45, 2.75) is 37.9 Å². The van der Waals surface area contributed by atoms with Crippen molar-refractivity contribution in [1.29, 1.82) is 0 Å². The van der Waals surface area contributed by atoms with E-state index in [1.807, 2.05) is 0 Å². The molecule has 2 fully saturated rings. The Bertz CT molecular complexity index is 193. The van der Waals surface area contributed by atoms with Gasteiger partial charge < -0.3 is 10.2 Å². The van der Waals surface area contributed by atoms with Crippen LogP contribution in [0.25, 0.3) is 0 Å². The minimum absolute atomic E-state index is 0.721. The molecule has 1 N–H and O–H groups in total. The van der Waals surface area contributed by atoms with Crippen LogP contribution in [0.4, 0.5) is 0 Å². The molecule has 2 aliphatic rings. The minimum atomic E-state index is 0.721. The summed E-state index contributed by atoms with van der Waals surface area (Å²) in [5.74, 6) is 0. The Balaban J connectivity index is 1.83. The van der Waals surface area contributed by atoms with E-state index < -0.39 is 0 Å². The van der Waals surface area contributed by atoms with Crippen LogP contribution in [-0.4, -0.2) is 61.7 Å². The molecule has 0 aromatic carbocycles. The minimum Gasteiger partial charge on any atom is -0.313 e. The fourth-order valence-corrected chi connectivity index (χ4v) is 2.71. The van der Waals surface area contributed by atoms with Crippen molar-refractivity contribution < 1.29 is 0 Å². The molecular weight excluding hydrogens is 174 g/mol. The van der Waals surface area contributed by atoms with Crippen LogP contribution >= 0.6 is 0 Å². The average molecular weight is 197 g/mol. The van der Waals surface area contributed by atoms with E-state index >= 15 is 0 Å². The molecular formula is C11H23N3. The zero-order valence-corrected chi connectivity index (χ0v) is 9.66. The Hall–Kier alpha value is -0.120. The van der Waals surface area contributed by atoms with E-state index in [2.05, 4.69) is 36.1 Å². The number of hydrogen-bond donors (Lipinski definition) is 1. The number of nitrogens with one attached hydrogen (secondary N) is 1. The zero-order valence-electron chi connectivity index (χ0n) is 9.66. The number of rotatable bonds is 2. The Morgan fingerprint density at radius 3 is 2.64 bits per heavy atom. The highest BCUT2D eigenvalue weighted by Crippen LogP contribution is 2.20. The van der Waals surface area contributed by atoms with Crippen molar-refractivity contribution in [3.8, 4) is 0 Å². The lowest BCUT2D eigenvalue weighted by Crippen LogP contribution is -2.38. The summed E-state index contributed by atoms with van der Waals surface area (Å²) in [7, 11) is 4.40. The number of nitrogens with zero attached hydrogens (tertiary/aromatic N) is 2. The normalized spacial score (nSPS) is 39.9. The van der Waals surface area contributed by atoms with Crippen molar-refractivity contribution in [3.63, 3.8) is 0 Å². The first-order valence-electron chi connectivity index (χ1n) is 5.80. The summed E-state index contributed by atoms with van der Waals surface area (Å²) in [5, 5.41) is 3.54. The summed E-state index contributed by atoms with van der Waals surface area (Å²) in [5.41, 5.74) is 0. The van der Waals surface area contributed by atoms with E-state index in [0.717, 1.165) is 18.1 Å². The van der Waals surface area contributed by atoms with Gasteiger partial charge in [-0.15, -0.1) is 0 Å². The first-order chi connectivity index (χ1) is 6.66. The van der Waals surface area contributed by atoms with Gasteiger partial charge in [0.25, 0.3) is 0 Å². The highest BCUT2D eigenvalue weighted by molar-refractivity contribution is 4.91. The summed E-state index contributed by atoms with van der Waals surface area (Å²) in [4.78, 5) is 5.03. The third-order valence-electron chi connectivity index (χ3n) is 3.77. The van der Waals surface area contributed by atoms with E-state index in [4.69, 9.17) is 0 Å². The second-order valence-corrected chi connectivity index (χ2v) is 5.10. The lowest BCUT2D eigenvalue weighted by atomic mass is 10.2. The number of hydrogen-bond acceptors (Lipinski definition) is 3. The molecule has 14 heavy (non-hydrogen) atoms. The predicted molar refractivity (Wildman–Crippen MR) is 59.5 cm³/mol. The van der Waals surface area contributed by atoms with Gasteiger partial charge in [0.2, 0.25) is 0 Å². The standard InChI is InChI=1S/C11H23N3/c1-9-6-11(7-12-9)14-5-4-10(8-14)13(2)3/h9-12H,4-8H2,1-3H3. The van der Waals surface area contributed by atoms with Gasteiger partial charge in [-0.25, -0.2) is 0 Å². The molecule has 0 amide bonds. The molecule has 0 saturated carbocycles. The fourth-order valence-electron chi connectivity index (χ4n) is 2.71. The smallest absolute Gasteiger partial charge is 0.0236 e. The number of likely N-dealkylation sites (tertiary alicyclic amines) is 1. The zero-order chi connectivity index (χ0) is 10.1. The average Bonchev–Trinajstić information content (AvgIpc) is 2.70. The van der Waals surface area contributed by atoms with Crippen LogP contribution in [0.3, 0.4) is 0 Å². The lowest BCUT2D eigenvalue weighted by molar-refractivity contribution is 0.224. The fraction of sp³-hybridized carbons (Fsp3) is 1.00. The topological polar surface area (TPSA) is 18.5 Å². The molecule has 0 aromatic heterocycles. The van der Waals surface area contributed by atoms with Crippen LogP contribution in [0.5, 0.6) is 0 Å². The first kappa shape index (κ1) is 10.4. The van der Waals surface area contributed by atoms with Crippen molar-refractivity contribution >= 4 is 0 Å². The SMILES string of the molecule is CC1CC(N2CCC(N(C)C)C2)CN1. The maximum Gasteiger partial charge on any atom is 0.0236 e. The van der Waals surface area contributed by atoms with Gasteiger partial charge >= 0.3 is 0 Å². The summed E-state index contributed by atoms with van der Waals surface area (Å²) in [6, 6.07) is 2.30. The third kappa shape index (κ3) is 2.10. The molecule has 0 spiro atoms. The Morgan fingerprint density at radius 2 is 2.14 bits per heavy atom. The molecule has 3 atom stereocenters. The van der Waals surface area contributed by atoms with Gasteiger partial charge in [0.15, 0.2) is 0 Å². The molecule has 2 aliphatic heterocycles. The Kier molecular flexibility index (Phi) is 3.10. The van der Waals surface area contributed by atoms with Crippen LogP contribution in [-0.2, 0) is 0 Å². The number of likely N-dealkylation sites (N-methyl/N-ethyl adjacent to an activating group) is 1. The Labute approximate surface area is 87.4 Å². The van der Waals surface area contributed by atoms with E-state index in [1.165, 1.54) is 32.5 Å². The summed E-state index contributed by atoms with van der Waals surface area (Å²) < 4.78 is 0. The predicted octanol–water partition coefficient (Wildman–Crippen LogP) is 0.373. The van der Waals surface area contributed by atoms with Crippen LogP contribution in [0.2, 0.25) is 0 Å². The quantitative estimate of drug-likeness (QED) is 0.690. The molecule has 0 aromatic rings. The maximum atomic E-state index is 3.54. The molecule has 3 unspecified atom stereocenters. The van der Waals surface area contributed by atoms with E-state index in [1.54, 1.807) is 0 Å². The van der Waals surface area contributed by atoms with Crippen molar-refractivity contribution in [3.05, 3.63) is 0 Å². The Morgan fingerprint density at radius 1 is 1.36 bits per heavy atom. The van der Waals surface area contributed by atoms with Crippen LogP contribution in [0.1, 0.15) is 19.8 Å². The van der Waals surface area contributed by atoms with Gasteiger partial charge in [-0.1, -0.05) is 0 Å². The maximum absolute atomic E-state index is 3.54. The van der Waals surface area contributed by atoms with Gasteiger partial charge in [-0.3, -0.25) is 4.90 Å². The molecule has 0 aliphatic carbocycles. The van der Waals surface area contributed by atoms with Crippen LogP contribution < -0.4 is 5.32 Å². The molecule has 82 valence electrons. The molecule has 2 rings (SSSR count).